The summed E-state index contributed by atoms with van der Waals surface area (Å²) in [5, 5.41) is 2.64. The van der Waals surface area contributed by atoms with Crippen LogP contribution in [-0.2, 0) is 14.8 Å². The standard InChI is InChI=1S/C17H20N2O5S/c1-12(17(20)18-13-4-6-14(23-2)7-5-13)19-25(21,22)16-10-8-15(24-3)9-11-16/h4-12,19H,1-3H3,(H,18,20)/t12-/m0/s1. The zero-order valence-corrected chi connectivity index (χ0v) is 15.0. The van der Waals surface area contributed by atoms with Gasteiger partial charge in [-0.05, 0) is 55.5 Å². The van der Waals surface area contributed by atoms with Gasteiger partial charge in [0, 0.05) is 5.69 Å². The highest BCUT2D eigenvalue weighted by molar-refractivity contribution is 7.89. The molecule has 1 amide bonds. The van der Waals surface area contributed by atoms with Gasteiger partial charge in [0.1, 0.15) is 11.5 Å². The van der Waals surface area contributed by atoms with Gasteiger partial charge in [-0.2, -0.15) is 4.72 Å². The average molecular weight is 364 g/mol. The monoisotopic (exact) mass is 364 g/mol. The fourth-order valence-corrected chi connectivity index (χ4v) is 3.24. The molecule has 0 spiro atoms. The Morgan fingerprint density at radius 3 is 1.88 bits per heavy atom. The Hall–Kier alpha value is -2.58. The molecule has 0 aliphatic heterocycles. The van der Waals surface area contributed by atoms with Crippen molar-refractivity contribution in [1.82, 2.24) is 4.72 Å². The third kappa shape index (κ3) is 4.94. The molecule has 0 bridgehead atoms. The highest BCUT2D eigenvalue weighted by Crippen LogP contribution is 2.17. The summed E-state index contributed by atoms with van der Waals surface area (Å²) in [6, 6.07) is 11.7. The van der Waals surface area contributed by atoms with E-state index in [4.69, 9.17) is 9.47 Å². The van der Waals surface area contributed by atoms with Crippen LogP contribution in [0.15, 0.2) is 53.4 Å². The van der Waals surface area contributed by atoms with Crippen LogP contribution in [0.2, 0.25) is 0 Å². The number of hydrogen-bond donors (Lipinski definition) is 2. The number of rotatable bonds is 7. The van der Waals surface area contributed by atoms with Gasteiger partial charge in [0.05, 0.1) is 25.2 Å². The molecule has 25 heavy (non-hydrogen) atoms. The fraction of sp³-hybridized carbons (Fsp3) is 0.235. The van der Waals surface area contributed by atoms with Crippen LogP contribution in [0.1, 0.15) is 6.92 Å². The molecule has 1 atom stereocenters. The van der Waals surface area contributed by atoms with Crippen molar-refractivity contribution in [3.63, 3.8) is 0 Å². The number of amides is 1. The van der Waals surface area contributed by atoms with Crippen LogP contribution in [0.5, 0.6) is 11.5 Å². The van der Waals surface area contributed by atoms with E-state index in [0.29, 0.717) is 17.2 Å². The zero-order chi connectivity index (χ0) is 18.4. The molecule has 0 aliphatic rings. The topological polar surface area (TPSA) is 93.7 Å². The lowest BCUT2D eigenvalue weighted by molar-refractivity contribution is -0.117. The second kappa shape index (κ2) is 8.00. The zero-order valence-electron chi connectivity index (χ0n) is 14.1. The second-order valence-electron chi connectivity index (χ2n) is 5.24. The van der Waals surface area contributed by atoms with E-state index in [1.807, 2.05) is 0 Å². The maximum atomic E-state index is 12.3. The lowest BCUT2D eigenvalue weighted by Crippen LogP contribution is -2.41. The number of benzene rings is 2. The molecule has 0 unspecified atom stereocenters. The molecule has 2 rings (SSSR count). The molecule has 134 valence electrons. The van der Waals surface area contributed by atoms with Gasteiger partial charge < -0.3 is 14.8 Å². The molecule has 0 saturated heterocycles. The minimum absolute atomic E-state index is 0.0531. The Balaban J connectivity index is 2.03. The predicted molar refractivity (Wildman–Crippen MR) is 94.4 cm³/mol. The Kier molecular flexibility index (Phi) is 6.00. The summed E-state index contributed by atoms with van der Waals surface area (Å²) in [6.45, 7) is 1.47. The van der Waals surface area contributed by atoms with Crippen molar-refractivity contribution in [2.45, 2.75) is 17.9 Å². The van der Waals surface area contributed by atoms with Gasteiger partial charge in [-0.1, -0.05) is 0 Å². The van der Waals surface area contributed by atoms with Gasteiger partial charge in [0.2, 0.25) is 15.9 Å². The van der Waals surface area contributed by atoms with Gasteiger partial charge in [0.25, 0.3) is 0 Å². The van der Waals surface area contributed by atoms with E-state index in [2.05, 4.69) is 10.0 Å². The molecular formula is C17H20N2O5S. The van der Waals surface area contributed by atoms with Crippen molar-refractivity contribution < 1.29 is 22.7 Å². The number of carbonyl (C=O) groups is 1. The quantitative estimate of drug-likeness (QED) is 0.784. The molecule has 8 heteroatoms. The van der Waals surface area contributed by atoms with Crippen molar-refractivity contribution in [3.05, 3.63) is 48.5 Å². The number of ether oxygens (including phenoxy) is 2. The number of carbonyl (C=O) groups excluding carboxylic acids is 1. The lowest BCUT2D eigenvalue weighted by atomic mass is 10.2. The summed E-state index contributed by atoms with van der Waals surface area (Å²) in [7, 11) is -0.780. The molecule has 2 N–H and O–H groups in total. The van der Waals surface area contributed by atoms with E-state index < -0.39 is 22.0 Å². The molecular weight excluding hydrogens is 344 g/mol. The Bertz CT molecular complexity index is 817. The van der Waals surface area contributed by atoms with E-state index in [1.165, 1.54) is 38.3 Å². The molecule has 0 aliphatic carbocycles. The van der Waals surface area contributed by atoms with Gasteiger partial charge in [-0.3, -0.25) is 4.79 Å². The summed E-state index contributed by atoms with van der Waals surface area (Å²) in [5.41, 5.74) is 0.543. The maximum Gasteiger partial charge on any atom is 0.242 e. The van der Waals surface area contributed by atoms with E-state index in [0.717, 1.165) is 0 Å². The van der Waals surface area contributed by atoms with E-state index >= 15 is 0 Å². The predicted octanol–water partition coefficient (Wildman–Crippen LogP) is 2.01. The summed E-state index contributed by atoms with van der Waals surface area (Å²) in [5.74, 6) is 0.734. The smallest absolute Gasteiger partial charge is 0.242 e. The maximum absolute atomic E-state index is 12.3. The van der Waals surface area contributed by atoms with Crippen LogP contribution in [0.3, 0.4) is 0 Å². The third-order valence-electron chi connectivity index (χ3n) is 3.45. The highest BCUT2D eigenvalue weighted by Gasteiger charge is 2.22. The van der Waals surface area contributed by atoms with Crippen LogP contribution in [-0.4, -0.2) is 34.6 Å². The second-order valence-corrected chi connectivity index (χ2v) is 6.95. The van der Waals surface area contributed by atoms with Crippen molar-refractivity contribution in [2.75, 3.05) is 19.5 Å². The van der Waals surface area contributed by atoms with Gasteiger partial charge in [0.15, 0.2) is 0 Å². The molecule has 2 aromatic carbocycles. The molecule has 0 aromatic heterocycles. The van der Waals surface area contributed by atoms with Gasteiger partial charge in [-0.25, -0.2) is 8.42 Å². The van der Waals surface area contributed by atoms with Crippen LogP contribution < -0.4 is 19.5 Å². The number of hydrogen-bond acceptors (Lipinski definition) is 5. The first-order valence-electron chi connectivity index (χ1n) is 7.47. The molecule has 0 fully saturated rings. The Morgan fingerprint density at radius 2 is 1.40 bits per heavy atom. The van der Waals surface area contributed by atoms with E-state index in [9.17, 15) is 13.2 Å². The molecule has 7 nitrogen and oxygen atoms in total. The van der Waals surface area contributed by atoms with Gasteiger partial charge >= 0.3 is 0 Å². The first-order chi connectivity index (χ1) is 11.9. The molecule has 2 aromatic rings. The summed E-state index contributed by atoms with van der Waals surface area (Å²) in [4.78, 5) is 12.2. The van der Waals surface area contributed by atoms with Crippen molar-refractivity contribution in [3.8, 4) is 11.5 Å². The minimum Gasteiger partial charge on any atom is -0.497 e. The van der Waals surface area contributed by atoms with Crippen LogP contribution in [0, 0.1) is 0 Å². The molecule has 0 radical (unpaired) electrons. The van der Waals surface area contributed by atoms with Gasteiger partial charge in [-0.15, -0.1) is 0 Å². The normalized spacial score (nSPS) is 12.3. The van der Waals surface area contributed by atoms with Crippen molar-refractivity contribution in [1.29, 1.82) is 0 Å². The average Bonchev–Trinajstić information content (AvgIpc) is 2.62. The Morgan fingerprint density at radius 1 is 0.920 bits per heavy atom. The summed E-state index contributed by atoms with van der Waals surface area (Å²) in [6.07, 6.45) is 0. The number of methoxy groups -OCH3 is 2. The highest BCUT2D eigenvalue weighted by atomic mass is 32.2. The van der Waals surface area contributed by atoms with Crippen LogP contribution >= 0.6 is 0 Å². The first-order valence-corrected chi connectivity index (χ1v) is 8.95. The van der Waals surface area contributed by atoms with Crippen LogP contribution in [0.25, 0.3) is 0 Å². The number of sulfonamides is 1. The number of anilines is 1. The summed E-state index contributed by atoms with van der Waals surface area (Å²) < 4.78 is 37.1. The largest absolute Gasteiger partial charge is 0.497 e. The summed E-state index contributed by atoms with van der Waals surface area (Å²) >= 11 is 0. The van der Waals surface area contributed by atoms with Crippen LogP contribution in [0.4, 0.5) is 5.69 Å². The molecule has 0 saturated carbocycles. The first kappa shape index (κ1) is 18.8. The van der Waals surface area contributed by atoms with E-state index in [1.54, 1.807) is 31.4 Å². The van der Waals surface area contributed by atoms with Crippen molar-refractivity contribution >= 4 is 21.6 Å². The minimum atomic E-state index is -3.82. The molecule has 0 heterocycles. The SMILES string of the molecule is COc1ccc(NC(=O)[C@H](C)NS(=O)(=O)c2ccc(OC)cc2)cc1. The lowest BCUT2D eigenvalue weighted by Gasteiger charge is -2.15. The van der Waals surface area contributed by atoms with Crippen molar-refractivity contribution in [2.24, 2.45) is 0 Å². The fourth-order valence-electron chi connectivity index (χ4n) is 2.03. The third-order valence-corrected chi connectivity index (χ3v) is 5.01. The Labute approximate surface area is 147 Å². The number of nitrogens with one attached hydrogen (secondary N) is 2. The van der Waals surface area contributed by atoms with E-state index in [-0.39, 0.29) is 4.90 Å².